The van der Waals surface area contributed by atoms with Crippen LogP contribution in [0.5, 0.6) is 0 Å². The lowest BCUT2D eigenvalue weighted by Gasteiger charge is -2.12. The molecule has 0 fully saturated rings. The molecule has 0 heterocycles. The molecule has 1 aromatic carbocycles. The van der Waals surface area contributed by atoms with Crippen LogP contribution in [0.2, 0.25) is 0 Å². The average molecular weight is 152 g/mol. The predicted molar refractivity (Wildman–Crippen MR) is 47.1 cm³/mol. The van der Waals surface area contributed by atoms with Gasteiger partial charge in [-0.15, -0.1) is 0 Å². The fourth-order valence-corrected chi connectivity index (χ4v) is 0.899. The highest BCUT2D eigenvalue weighted by atomic mass is 32.1. The number of rotatable bonds is 2. The van der Waals surface area contributed by atoms with E-state index in [-0.39, 0.29) is 0 Å². The van der Waals surface area contributed by atoms with E-state index >= 15 is 0 Å². The lowest BCUT2D eigenvalue weighted by molar-refractivity contribution is 1.12. The van der Waals surface area contributed by atoms with Gasteiger partial charge in [0.15, 0.2) is 0 Å². The Bertz CT molecular complexity index is 186. The van der Waals surface area contributed by atoms with Gasteiger partial charge in [-0.05, 0) is 19.1 Å². The molecule has 1 rings (SSSR count). The summed E-state index contributed by atoms with van der Waals surface area (Å²) < 4.78 is 1.79. The second kappa shape index (κ2) is 3.52. The van der Waals surface area contributed by atoms with Crippen LogP contribution in [0, 0.1) is 0 Å². The largest absolute Gasteiger partial charge is 0.306 e. The molecule has 2 heteroatoms. The van der Waals surface area contributed by atoms with Gasteiger partial charge in [0.2, 0.25) is 0 Å². The second-order valence-corrected chi connectivity index (χ2v) is 2.47. The van der Waals surface area contributed by atoms with Crippen LogP contribution < -0.4 is 4.31 Å². The molecule has 0 aliphatic carbocycles. The van der Waals surface area contributed by atoms with Gasteiger partial charge in [0.1, 0.15) is 0 Å². The van der Waals surface area contributed by atoms with E-state index in [0.29, 0.717) is 0 Å². The Morgan fingerprint density at radius 2 is 1.90 bits per heavy atom. The van der Waals surface area contributed by atoms with Crippen LogP contribution in [0.25, 0.3) is 0 Å². The number of hydrogen-bond acceptors (Lipinski definition) is 1. The third-order valence-corrected chi connectivity index (χ3v) is 1.80. The van der Waals surface area contributed by atoms with Gasteiger partial charge in [-0.1, -0.05) is 18.2 Å². The summed E-state index contributed by atoms with van der Waals surface area (Å²) in [5, 5.41) is 0. The van der Waals surface area contributed by atoms with Crippen LogP contribution in [0.1, 0.15) is 6.92 Å². The molecule has 1 nitrogen and oxygen atoms in total. The highest BCUT2D eigenvalue weighted by Gasteiger charge is 1.95. The molecule has 0 saturated carbocycles. The minimum absolute atomic E-state index is 0.874. The predicted octanol–water partition coefficient (Wildman–Crippen LogP) is 2.63. The molecular weight excluding hydrogens is 142 g/mol. The molecular formula is C8H10NS. The molecule has 0 N–H and O–H groups in total. The zero-order valence-electron chi connectivity index (χ0n) is 5.95. The average Bonchev–Trinajstić information content (AvgIpc) is 2.05. The van der Waals surface area contributed by atoms with Gasteiger partial charge in [0, 0.05) is 25.0 Å². The fourth-order valence-electron chi connectivity index (χ4n) is 0.777. The highest BCUT2D eigenvalue weighted by molar-refractivity contribution is 7.81. The lowest BCUT2D eigenvalue weighted by Crippen LogP contribution is -2.07. The molecule has 0 amide bonds. The zero-order valence-corrected chi connectivity index (χ0v) is 6.77. The van der Waals surface area contributed by atoms with Crippen molar-refractivity contribution in [2.24, 2.45) is 0 Å². The van der Waals surface area contributed by atoms with Crippen LogP contribution in [-0.4, -0.2) is 6.54 Å². The van der Waals surface area contributed by atoms with Crippen molar-refractivity contribution >= 4 is 18.5 Å². The van der Waals surface area contributed by atoms with Gasteiger partial charge in [-0.3, -0.25) is 0 Å². The molecule has 0 bridgehead atoms. The maximum Gasteiger partial charge on any atom is 0.0478 e. The van der Waals surface area contributed by atoms with E-state index in [1.165, 1.54) is 0 Å². The Kier molecular flexibility index (Phi) is 2.63. The first-order valence-electron chi connectivity index (χ1n) is 3.34. The minimum Gasteiger partial charge on any atom is -0.306 e. The van der Waals surface area contributed by atoms with Crippen LogP contribution >= 0.6 is 12.8 Å². The van der Waals surface area contributed by atoms with Gasteiger partial charge in [-0.2, -0.15) is 0 Å². The van der Waals surface area contributed by atoms with Crippen LogP contribution in [0.3, 0.4) is 0 Å². The van der Waals surface area contributed by atoms with E-state index in [2.05, 4.69) is 0 Å². The van der Waals surface area contributed by atoms with Crippen molar-refractivity contribution in [2.75, 3.05) is 10.8 Å². The van der Waals surface area contributed by atoms with E-state index < -0.39 is 0 Å². The Balaban J connectivity index is 2.75. The zero-order chi connectivity index (χ0) is 7.40. The van der Waals surface area contributed by atoms with Crippen LogP contribution in [-0.2, 0) is 0 Å². The van der Waals surface area contributed by atoms with E-state index in [1.807, 2.05) is 37.3 Å². The van der Waals surface area contributed by atoms with Crippen molar-refractivity contribution in [3.63, 3.8) is 0 Å². The molecule has 53 valence electrons. The molecule has 0 spiro atoms. The van der Waals surface area contributed by atoms with Gasteiger partial charge in [0.25, 0.3) is 0 Å². The Labute approximate surface area is 67.2 Å². The summed E-state index contributed by atoms with van der Waals surface area (Å²) in [5.74, 6) is 0. The third kappa shape index (κ3) is 1.67. The van der Waals surface area contributed by atoms with E-state index in [1.54, 1.807) is 4.31 Å². The summed E-state index contributed by atoms with van der Waals surface area (Å²) in [6.07, 6.45) is 0. The van der Waals surface area contributed by atoms with Crippen molar-refractivity contribution < 1.29 is 0 Å². The van der Waals surface area contributed by atoms with Crippen molar-refractivity contribution in [1.29, 1.82) is 0 Å². The molecule has 1 aromatic rings. The fraction of sp³-hybridized carbons (Fsp3) is 0.250. The highest BCUT2D eigenvalue weighted by Crippen LogP contribution is 2.13. The van der Waals surface area contributed by atoms with E-state index in [4.69, 9.17) is 12.8 Å². The summed E-state index contributed by atoms with van der Waals surface area (Å²) in [6, 6.07) is 9.99. The minimum atomic E-state index is 0.874. The third-order valence-electron chi connectivity index (χ3n) is 1.33. The topological polar surface area (TPSA) is 3.24 Å². The number of benzene rings is 1. The molecule has 0 saturated heterocycles. The number of hydrogen-bond donors (Lipinski definition) is 0. The summed E-state index contributed by atoms with van der Waals surface area (Å²) in [5.41, 5.74) is 1.10. The quantitative estimate of drug-likeness (QED) is 0.629. The van der Waals surface area contributed by atoms with Gasteiger partial charge < -0.3 is 4.31 Å². The first-order chi connectivity index (χ1) is 4.84. The lowest BCUT2D eigenvalue weighted by atomic mass is 10.3. The summed E-state index contributed by atoms with van der Waals surface area (Å²) in [4.78, 5) is 0. The second-order valence-electron chi connectivity index (χ2n) is 2.03. The maximum absolute atomic E-state index is 5.04. The number of para-hydroxylation sites is 1. The molecule has 0 aliphatic rings. The number of nitrogens with zero attached hydrogens (tertiary/aromatic N) is 1. The Morgan fingerprint density at radius 3 is 2.40 bits per heavy atom. The molecule has 0 aromatic heterocycles. The van der Waals surface area contributed by atoms with Crippen molar-refractivity contribution in [2.45, 2.75) is 6.92 Å². The van der Waals surface area contributed by atoms with Crippen molar-refractivity contribution in [1.82, 2.24) is 0 Å². The van der Waals surface area contributed by atoms with Crippen LogP contribution in [0.15, 0.2) is 30.3 Å². The van der Waals surface area contributed by atoms with Crippen molar-refractivity contribution in [3.05, 3.63) is 30.3 Å². The SMILES string of the molecule is CCN([S])c1ccccc1. The normalized spacial score (nSPS) is 9.40. The van der Waals surface area contributed by atoms with Crippen molar-refractivity contribution in [3.8, 4) is 0 Å². The standard InChI is InChI=1S/C8H10NS/c1-2-9(10)8-6-4-3-5-7-8/h3-7H,2H2,1H3. The first kappa shape index (κ1) is 7.48. The molecule has 10 heavy (non-hydrogen) atoms. The summed E-state index contributed by atoms with van der Waals surface area (Å²) in [6.45, 7) is 2.92. The molecule has 1 radical (unpaired) electrons. The van der Waals surface area contributed by atoms with E-state index in [9.17, 15) is 0 Å². The van der Waals surface area contributed by atoms with Crippen LogP contribution in [0.4, 0.5) is 5.69 Å². The maximum atomic E-state index is 5.04. The Hall–Kier alpha value is -0.630. The molecule has 0 aliphatic heterocycles. The summed E-state index contributed by atoms with van der Waals surface area (Å²) >= 11 is 5.04. The summed E-state index contributed by atoms with van der Waals surface area (Å²) in [7, 11) is 0. The smallest absolute Gasteiger partial charge is 0.0478 e. The van der Waals surface area contributed by atoms with Gasteiger partial charge in [0.05, 0.1) is 0 Å². The molecule has 0 unspecified atom stereocenters. The molecule has 0 atom stereocenters. The van der Waals surface area contributed by atoms with E-state index in [0.717, 1.165) is 12.2 Å². The Morgan fingerprint density at radius 1 is 1.30 bits per heavy atom. The van der Waals surface area contributed by atoms with Gasteiger partial charge >= 0.3 is 0 Å². The number of anilines is 1. The van der Waals surface area contributed by atoms with Gasteiger partial charge in [-0.25, -0.2) is 0 Å². The first-order valence-corrected chi connectivity index (χ1v) is 3.71. The monoisotopic (exact) mass is 152 g/mol.